The van der Waals surface area contributed by atoms with Crippen LogP contribution in [0.3, 0.4) is 0 Å². The van der Waals surface area contributed by atoms with Crippen LogP contribution >= 0.6 is 0 Å². The summed E-state index contributed by atoms with van der Waals surface area (Å²) in [6.07, 6.45) is -2.25. The fourth-order valence-corrected chi connectivity index (χ4v) is 2.59. The number of nitrogens with zero attached hydrogens (tertiary/aromatic N) is 4. The molecule has 0 atom stereocenters. The fourth-order valence-electron chi connectivity index (χ4n) is 2.59. The van der Waals surface area contributed by atoms with Gasteiger partial charge in [-0.3, -0.25) is 4.79 Å². The molecule has 0 saturated carbocycles. The van der Waals surface area contributed by atoms with Crippen molar-refractivity contribution in [2.75, 3.05) is 5.32 Å². The predicted octanol–water partition coefficient (Wildman–Crippen LogP) is 2.51. The Kier molecular flexibility index (Phi) is 4.68. The molecule has 138 valence electrons. The van der Waals surface area contributed by atoms with E-state index in [2.05, 4.69) is 10.3 Å². The number of amides is 1. The Bertz CT molecular complexity index is 1040. The third-order valence-corrected chi connectivity index (χ3v) is 3.82. The van der Waals surface area contributed by atoms with Crippen molar-refractivity contribution >= 4 is 17.4 Å². The zero-order valence-electron chi connectivity index (χ0n) is 13.7. The summed E-state index contributed by atoms with van der Waals surface area (Å²) in [5, 5.41) is 21.6. The Morgan fingerprint density at radius 3 is 2.74 bits per heavy atom. The maximum Gasteiger partial charge on any atom is 0.417 e. The molecule has 0 aliphatic heterocycles. The van der Waals surface area contributed by atoms with Gasteiger partial charge in [0.2, 0.25) is 0 Å². The fraction of sp³-hybridized carbons (Fsp3) is 0.176. The van der Waals surface area contributed by atoms with Gasteiger partial charge in [0.1, 0.15) is 12.4 Å². The molecule has 3 heterocycles. The Hall–Kier alpha value is -3.61. The lowest BCUT2D eigenvalue weighted by atomic mass is 10.3. The number of rotatable bonds is 4. The molecule has 0 unspecified atom stereocenters. The first-order valence-corrected chi connectivity index (χ1v) is 7.76. The molecule has 10 heteroatoms. The first kappa shape index (κ1) is 18.2. The van der Waals surface area contributed by atoms with E-state index in [1.807, 2.05) is 6.07 Å². The number of imidazole rings is 1. The van der Waals surface area contributed by atoms with Crippen molar-refractivity contribution in [2.24, 2.45) is 0 Å². The van der Waals surface area contributed by atoms with Crippen molar-refractivity contribution in [1.82, 2.24) is 9.55 Å². The molecule has 0 aliphatic carbocycles. The van der Waals surface area contributed by atoms with Crippen LogP contribution in [0.2, 0.25) is 0 Å². The highest BCUT2D eigenvalue weighted by atomic mass is 19.4. The number of fused-ring (bicyclic) bond motifs is 1. The molecule has 1 amide bonds. The number of carbonyl (C=O) groups excluding carboxylic acids is 1. The Morgan fingerprint density at radius 1 is 1.33 bits per heavy atom. The van der Waals surface area contributed by atoms with Crippen LogP contribution < -0.4 is 9.72 Å². The summed E-state index contributed by atoms with van der Waals surface area (Å²) in [6, 6.07) is 8.79. The van der Waals surface area contributed by atoms with E-state index in [4.69, 9.17) is 5.26 Å². The number of nitrogens with one attached hydrogen (secondary N) is 1. The van der Waals surface area contributed by atoms with Gasteiger partial charge in [-0.15, -0.1) is 0 Å². The average Bonchev–Trinajstić information content (AvgIpc) is 2.91. The van der Waals surface area contributed by atoms with Crippen LogP contribution in [0, 0.1) is 11.3 Å². The lowest BCUT2D eigenvalue weighted by Crippen LogP contribution is -2.30. The topological polar surface area (TPSA) is 95.0 Å². The van der Waals surface area contributed by atoms with E-state index in [0.717, 1.165) is 12.1 Å². The number of aromatic hydroxyl groups is 1. The number of anilines is 1. The number of aromatic nitrogens is 3. The third-order valence-electron chi connectivity index (χ3n) is 3.82. The maximum absolute atomic E-state index is 12.6. The highest BCUT2D eigenvalue weighted by Crippen LogP contribution is 2.29. The van der Waals surface area contributed by atoms with Crippen molar-refractivity contribution in [3.8, 4) is 11.9 Å². The monoisotopic (exact) mass is 376 g/mol. The molecule has 0 fully saturated rings. The molecule has 2 N–H and O–H groups in total. The van der Waals surface area contributed by atoms with E-state index in [1.54, 1.807) is 24.4 Å². The summed E-state index contributed by atoms with van der Waals surface area (Å²) in [6.45, 7) is 0.168. The molecule has 0 saturated heterocycles. The molecule has 27 heavy (non-hydrogen) atoms. The minimum atomic E-state index is -4.53. The molecule has 0 bridgehead atoms. The zero-order chi connectivity index (χ0) is 19.6. The van der Waals surface area contributed by atoms with Gasteiger partial charge in [0.05, 0.1) is 24.3 Å². The van der Waals surface area contributed by atoms with Gasteiger partial charge in [-0.2, -0.15) is 27.4 Å². The summed E-state index contributed by atoms with van der Waals surface area (Å²) in [5.41, 5.74) is -0.577. The van der Waals surface area contributed by atoms with Crippen molar-refractivity contribution in [3.63, 3.8) is 0 Å². The van der Waals surface area contributed by atoms with Gasteiger partial charge >= 0.3 is 18.0 Å². The van der Waals surface area contributed by atoms with Crippen molar-refractivity contribution < 1.29 is 27.5 Å². The van der Waals surface area contributed by atoms with Gasteiger partial charge in [-0.25, -0.2) is 4.98 Å². The van der Waals surface area contributed by atoms with Crippen LogP contribution in [0.25, 0.3) is 5.65 Å². The molecule has 0 aliphatic rings. The molecule has 3 rings (SSSR count). The minimum Gasteiger partial charge on any atom is -0.475 e. The van der Waals surface area contributed by atoms with Crippen molar-refractivity contribution in [1.29, 1.82) is 5.26 Å². The van der Waals surface area contributed by atoms with Gasteiger partial charge in [0, 0.05) is 12.3 Å². The van der Waals surface area contributed by atoms with Gasteiger partial charge in [0.25, 0.3) is 11.3 Å². The standard InChI is InChI=1S/C17H12F3N5O2/c18-17(19,20)11-5-6-12(22-10-11)23-15(26)14-16(27)25(9-3-7-21)13-4-1-2-8-24(13)14/h1-2,4-6,8,10H,3,9H2,(H-,22,23,26,27)/p+1. The largest absolute Gasteiger partial charge is 0.475 e. The van der Waals surface area contributed by atoms with E-state index in [1.165, 1.54) is 8.97 Å². The second-order valence-corrected chi connectivity index (χ2v) is 5.54. The van der Waals surface area contributed by atoms with E-state index >= 15 is 0 Å². The third kappa shape index (κ3) is 3.52. The van der Waals surface area contributed by atoms with Crippen LogP contribution in [-0.4, -0.2) is 20.6 Å². The quantitative estimate of drug-likeness (QED) is 0.684. The molecular formula is C17H13F3N5O2+. The summed E-state index contributed by atoms with van der Waals surface area (Å²) in [7, 11) is 0. The highest BCUT2D eigenvalue weighted by Gasteiger charge is 2.32. The number of aryl methyl sites for hydroxylation is 1. The molecule has 3 aromatic heterocycles. The highest BCUT2D eigenvalue weighted by molar-refractivity contribution is 6.03. The van der Waals surface area contributed by atoms with Crippen molar-refractivity contribution in [3.05, 3.63) is 54.0 Å². The smallest absolute Gasteiger partial charge is 0.417 e. The van der Waals surface area contributed by atoms with Gasteiger partial charge in [0.15, 0.2) is 0 Å². The lowest BCUT2D eigenvalue weighted by molar-refractivity contribution is -0.513. The van der Waals surface area contributed by atoms with Crippen LogP contribution in [0.15, 0.2) is 42.7 Å². The number of carbonyl (C=O) groups is 1. The van der Waals surface area contributed by atoms with Crippen molar-refractivity contribution in [2.45, 2.75) is 19.1 Å². The second-order valence-electron chi connectivity index (χ2n) is 5.54. The summed E-state index contributed by atoms with van der Waals surface area (Å²) in [5.74, 6) is -1.21. The summed E-state index contributed by atoms with van der Waals surface area (Å²) < 4.78 is 40.6. The normalized spacial score (nSPS) is 11.3. The maximum atomic E-state index is 12.6. The van der Waals surface area contributed by atoms with Gasteiger partial charge in [-0.1, -0.05) is 6.07 Å². The van der Waals surface area contributed by atoms with Gasteiger partial charge < -0.3 is 10.4 Å². The SMILES string of the molecule is N#CCCn1c(O)c(C(=O)Nc2ccc(C(F)(F)F)cn2)[n+]2ccccc12. The first-order valence-electron chi connectivity index (χ1n) is 7.76. The minimum absolute atomic E-state index is 0.0955. The van der Waals surface area contributed by atoms with Crippen LogP contribution in [0.1, 0.15) is 22.5 Å². The number of hydrogen-bond donors (Lipinski definition) is 2. The Balaban J connectivity index is 1.94. The molecule has 0 radical (unpaired) electrons. The van der Waals surface area contributed by atoms with Crippen LogP contribution in [-0.2, 0) is 12.7 Å². The lowest BCUT2D eigenvalue weighted by Gasteiger charge is -2.07. The average molecular weight is 376 g/mol. The molecule has 0 spiro atoms. The van der Waals surface area contributed by atoms with Crippen LogP contribution in [0.4, 0.5) is 19.0 Å². The number of halogens is 3. The molecule has 7 nitrogen and oxygen atoms in total. The Labute approximate surface area is 150 Å². The summed E-state index contributed by atoms with van der Waals surface area (Å²) in [4.78, 5) is 16.2. The number of hydrogen-bond acceptors (Lipinski definition) is 4. The predicted molar refractivity (Wildman–Crippen MR) is 86.7 cm³/mol. The van der Waals surface area contributed by atoms with Gasteiger partial charge in [-0.05, 0) is 18.2 Å². The second kappa shape index (κ2) is 6.95. The van der Waals surface area contributed by atoms with E-state index in [-0.39, 0.29) is 30.4 Å². The molecule has 0 aromatic carbocycles. The van der Waals surface area contributed by atoms with E-state index < -0.39 is 17.6 Å². The van der Waals surface area contributed by atoms with E-state index in [9.17, 15) is 23.1 Å². The first-order chi connectivity index (χ1) is 12.8. The molecular weight excluding hydrogens is 363 g/mol. The molecule has 3 aromatic rings. The Morgan fingerprint density at radius 2 is 2.11 bits per heavy atom. The van der Waals surface area contributed by atoms with E-state index in [0.29, 0.717) is 11.8 Å². The van der Waals surface area contributed by atoms with Crippen LogP contribution in [0.5, 0.6) is 5.88 Å². The zero-order valence-corrected chi connectivity index (χ0v) is 13.7. The number of pyridine rings is 2. The number of alkyl halides is 3. The summed E-state index contributed by atoms with van der Waals surface area (Å²) >= 11 is 0. The number of nitriles is 1.